The maximum absolute atomic E-state index is 13.4. The van der Waals surface area contributed by atoms with Crippen molar-refractivity contribution in [2.45, 2.75) is 65.6 Å². The van der Waals surface area contributed by atoms with E-state index in [1.807, 2.05) is 18.2 Å². The molecule has 1 aliphatic rings. The molecule has 1 saturated heterocycles. The molecule has 3 rings (SSSR count). The second kappa shape index (κ2) is 15.0. The fraction of sp³-hybridized carbons (Fsp3) is 0.467. The van der Waals surface area contributed by atoms with Crippen LogP contribution >= 0.6 is 0 Å². The first-order valence-corrected chi connectivity index (χ1v) is 13.7. The average Bonchev–Trinajstić information content (AvgIpc) is 2.99. The molecule has 1 amide bonds. The molecule has 0 saturated carbocycles. The number of ether oxygens (including phenoxy) is 6. The van der Waals surface area contributed by atoms with E-state index < -0.39 is 72.8 Å². The van der Waals surface area contributed by atoms with Crippen LogP contribution in [-0.4, -0.2) is 73.0 Å². The van der Waals surface area contributed by atoms with Gasteiger partial charge in [0, 0.05) is 26.1 Å². The third-order valence-corrected chi connectivity index (χ3v) is 6.39. The van der Waals surface area contributed by atoms with E-state index in [0.717, 1.165) is 5.56 Å². The number of benzene rings is 1. The summed E-state index contributed by atoms with van der Waals surface area (Å²) in [6, 6.07) is 9.02. The number of aromatic nitrogens is 1. The lowest BCUT2D eigenvalue weighted by Gasteiger charge is -2.29. The molecule has 1 aromatic heterocycles. The number of amides is 1. The first-order chi connectivity index (χ1) is 20.4. The Balaban J connectivity index is 1.89. The summed E-state index contributed by atoms with van der Waals surface area (Å²) in [5, 5.41) is 2.46. The molecule has 5 atom stereocenters. The molecule has 1 fully saturated rings. The number of esters is 4. The summed E-state index contributed by atoms with van der Waals surface area (Å²) in [7, 11) is 1.34. The molecule has 2 heterocycles. The highest BCUT2D eigenvalue weighted by Gasteiger charge is 2.42. The van der Waals surface area contributed by atoms with E-state index in [1.165, 1.54) is 40.1 Å². The van der Waals surface area contributed by atoms with Crippen molar-refractivity contribution in [1.29, 1.82) is 0 Å². The summed E-state index contributed by atoms with van der Waals surface area (Å²) in [5.74, 6) is -5.33. The predicted octanol–water partition coefficient (Wildman–Crippen LogP) is 2.39. The standard InChI is InChI=1S/C30H36N2O11/c1-16(2)28(35)43-25-17(3)40-30(37)22(15-39-29(36)21(25)14-20-10-8-7-9-11-20)32-27(34)24-26(23(38-6)12-13-31-24)42-19(5)41-18(4)33/h7-13,16-17,19,21-22,25H,14-15H2,1-6H3,(H,32,34)/t17-,19?,21+,22?,25?/m0/s1. The van der Waals surface area contributed by atoms with Crippen LogP contribution in [0.25, 0.3) is 0 Å². The number of carbonyl (C=O) groups is 5. The smallest absolute Gasteiger partial charge is 0.332 e. The molecule has 0 radical (unpaired) electrons. The van der Waals surface area contributed by atoms with Gasteiger partial charge in [0.2, 0.25) is 6.29 Å². The van der Waals surface area contributed by atoms with Crippen LogP contribution in [0.4, 0.5) is 0 Å². The van der Waals surface area contributed by atoms with Crippen LogP contribution in [0.5, 0.6) is 11.5 Å². The van der Waals surface area contributed by atoms with Crippen molar-refractivity contribution >= 4 is 29.8 Å². The summed E-state index contributed by atoms with van der Waals surface area (Å²) in [6.45, 7) is 6.83. The fourth-order valence-corrected chi connectivity index (χ4v) is 4.27. The quantitative estimate of drug-likeness (QED) is 0.241. The topological polar surface area (TPSA) is 166 Å². The van der Waals surface area contributed by atoms with Crippen LogP contribution in [0.15, 0.2) is 42.6 Å². The summed E-state index contributed by atoms with van der Waals surface area (Å²) >= 11 is 0. The maximum Gasteiger partial charge on any atom is 0.332 e. The molecule has 13 heteroatoms. The largest absolute Gasteiger partial charge is 0.493 e. The Hall–Kier alpha value is -4.68. The highest BCUT2D eigenvalue weighted by molar-refractivity contribution is 5.98. The van der Waals surface area contributed by atoms with Crippen LogP contribution in [0.3, 0.4) is 0 Å². The Morgan fingerprint density at radius 3 is 2.40 bits per heavy atom. The first kappa shape index (κ1) is 32.8. The summed E-state index contributed by atoms with van der Waals surface area (Å²) < 4.78 is 32.6. The number of nitrogens with zero attached hydrogens (tertiary/aromatic N) is 1. The van der Waals surface area contributed by atoms with E-state index in [9.17, 15) is 24.0 Å². The molecule has 1 aromatic carbocycles. The van der Waals surface area contributed by atoms with Crippen molar-refractivity contribution in [1.82, 2.24) is 10.3 Å². The van der Waals surface area contributed by atoms with Crippen LogP contribution in [-0.2, 0) is 44.5 Å². The lowest BCUT2D eigenvalue weighted by molar-refractivity contribution is -0.176. The number of nitrogens with one attached hydrogen (secondary N) is 1. The molecule has 13 nitrogen and oxygen atoms in total. The Kier molecular flexibility index (Phi) is 11.4. The monoisotopic (exact) mass is 600 g/mol. The third-order valence-electron chi connectivity index (χ3n) is 6.39. The van der Waals surface area contributed by atoms with E-state index in [4.69, 9.17) is 28.4 Å². The molecule has 1 N–H and O–H groups in total. The second-order valence-electron chi connectivity index (χ2n) is 10.1. The molecular weight excluding hydrogens is 564 g/mol. The number of cyclic esters (lactones) is 2. The molecule has 0 bridgehead atoms. The summed E-state index contributed by atoms with van der Waals surface area (Å²) in [5.41, 5.74) is 0.480. The Labute approximate surface area is 249 Å². The van der Waals surface area contributed by atoms with E-state index in [0.29, 0.717) is 0 Å². The van der Waals surface area contributed by atoms with Gasteiger partial charge in [0.25, 0.3) is 5.91 Å². The normalized spacial score (nSPS) is 21.2. The SMILES string of the molecule is COc1ccnc(C(=O)NC2COC(=O)[C@H](Cc3ccccc3)C(OC(=O)C(C)C)[C@H](C)OC2=O)c1OC(C)OC(C)=O. The number of hydrogen-bond acceptors (Lipinski definition) is 12. The number of rotatable bonds is 10. The van der Waals surface area contributed by atoms with E-state index in [1.54, 1.807) is 26.0 Å². The fourth-order valence-electron chi connectivity index (χ4n) is 4.27. The van der Waals surface area contributed by atoms with E-state index >= 15 is 0 Å². The van der Waals surface area contributed by atoms with E-state index in [-0.39, 0.29) is 23.6 Å². The van der Waals surface area contributed by atoms with Crippen molar-refractivity contribution in [3.63, 3.8) is 0 Å². The molecule has 43 heavy (non-hydrogen) atoms. The second-order valence-corrected chi connectivity index (χ2v) is 10.1. The first-order valence-electron chi connectivity index (χ1n) is 13.7. The Morgan fingerprint density at radius 2 is 1.77 bits per heavy atom. The molecule has 232 valence electrons. The highest BCUT2D eigenvalue weighted by atomic mass is 16.7. The zero-order chi connectivity index (χ0) is 31.7. The molecule has 0 aliphatic carbocycles. The summed E-state index contributed by atoms with van der Waals surface area (Å²) in [6.07, 6.45) is -1.92. The van der Waals surface area contributed by atoms with Gasteiger partial charge in [-0.05, 0) is 18.9 Å². The van der Waals surface area contributed by atoms with Gasteiger partial charge >= 0.3 is 23.9 Å². The number of hydrogen-bond donors (Lipinski definition) is 1. The molecular formula is C30H36N2O11. The van der Waals surface area contributed by atoms with Crippen LogP contribution in [0.2, 0.25) is 0 Å². The van der Waals surface area contributed by atoms with Gasteiger partial charge in [-0.25, -0.2) is 9.78 Å². The number of carbonyl (C=O) groups excluding carboxylic acids is 5. The van der Waals surface area contributed by atoms with Gasteiger partial charge in [-0.15, -0.1) is 0 Å². The third kappa shape index (κ3) is 8.90. The van der Waals surface area contributed by atoms with Crippen LogP contribution in [0, 0.1) is 11.8 Å². The lowest BCUT2D eigenvalue weighted by atomic mass is 9.91. The van der Waals surface area contributed by atoms with Gasteiger partial charge in [-0.1, -0.05) is 44.2 Å². The van der Waals surface area contributed by atoms with E-state index in [2.05, 4.69) is 10.3 Å². The Bertz CT molecular complexity index is 1310. The Morgan fingerprint density at radius 1 is 1.07 bits per heavy atom. The van der Waals surface area contributed by atoms with Crippen LogP contribution in [0.1, 0.15) is 50.7 Å². The molecule has 2 aromatic rings. The van der Waals surface area contributed by atoms with Crippen molar-refractivity contribution in [3.05, 3.63) is 53.9 Å². The van der Waals surface area contributed by atoms with Gasteiger partial charge in [0.05, 0.1) is 13.0 Å². The maximum atomic E-state index is 13.4. The van der Waals surface area contributed by atoms with Gasteiger partial charge in [-0.2, -0.15) is 0 Å². The van der Waals surface area contributed by atoms with Crippen molar-refractivity contribution in [2.24, 2.45) is 11.8 Å². The molecule has 1 aliphatic heterocycles. The van der Waals surface area contributed by atoms with Crippen molar-refractivity contribution in [3.8, 4) is 11.5 Å². The van der Waals surface area contributed by atoms with Crippen molar-refractivity contribution < 1.29 is 52.4 Å². The minimum absolute atomic E-state index is 0.106. The minimum Gasteiger partial charge on any atom is -0.493 e. The number of pyridine rings is 1. The molecule has 3 unspecified atom stereocenters. The van der Waals surface area contributed by atoms with Gasteiger partial charge in [0.15, 0.2) is 29.3 Å². The average molecular weight is 601 g/mol. The van der Waals surface area contributed by atoms with Crippen molar-refractivity contribution in [2.75, 3.05) is 13.7 Å². The summed E-state index contributed by atoms with van der Waals surface area (Å²) in [4.78, 5) is 68.0. The lowest BCUT2D eigenvalue weighted by Crippen LogP contribution is -2.47. The number of methoxy groups -OCH3 is 1. The van der Waals surface area contributed by atoms with Crippen LogP contribution < -0.4 is 14.8 Å². The zero-order valence-corrected chi connectivity index (χ0v) is 24.9. The highest BCUT2D eigenvalue weighted by Crippen LogP contribution is 2.31. The molecule has 0 spiro atoms. The minimum atomic E-state index is -1.46. The van der Waals surface area contributed by atoms with Gasteiger partial charge in [-0.3, -0.25) is 19.2 Å². The van der Waals surface area contributed by atoms with Gasteiger partial charge < -0.3 is 33.7 Å². The van der Waals surface area contributed by atoms with Gasteiger partial charge in [0.1, 0.15) is 18.6 Å². The predicted molar refractivity (Wildman–Crippen MR) is 149 cm³/mol. The zero-order valence-electron chi connectivity index (χ0n) is 24.9.